The van der Waals surface area contributed by atoms with E-state index in [9.17, 15) is 4.39 Å². The van der Waals surface area contributed by atoms with Gasteiger partial charge in [-0.2, -0.15) is 0 Å². The molecule has 0 aliphatic heterocycles. The number of fused-ring (bicyclic) bond motifs is 1. The van der Waals surface area contributed by atoms with Gasteiger partial charge in [-0.25, -0.2) is 4.39 Å². The lowest BCUT2D eigenvalue weighted by Gasteiger charge is -2.18. The second kappa shape index (κ2) is 6.37. The highest BCUT2D eigenvalue weighted by atomic mass is 32.1. The van der Waals surface area contributed by atoms with Crippen molar-refractivity contribution < 1.29 is 9.13 Å². The number of H-pyrrole nitrogens is 1. The molecule has 4 nitrogen and oxygen atoms in total. The average molecular weight is 297 g/mol. The van der Waals surface area contributed by atoms with Gasteiger partial charge in [0.25, 0.3) is 0 Å². The summed E-state index contributed by atoms with van der Waals surface area (Å²) in [5.74, 6) is -0.143. The van der Waals surface area contributed by atoms with E-state index in [-0.39, 0.29) is 11.6 Å². The number of likely N-dealkylation sites (N-methyl/N-ethyl adjacent to an activating group) is 1. The summed E-state index contributed by atoms with van der Waals surface area (Å²) in [6.07, 6.45) is 0. The molecular formula is C14H20FN3OS. The summed E-state index contributed by atoms with van der Waals surface area (Å²) in [6, 6.07) is 3.12. The highest BCUT2D eigenvalue weighted by molar-refractivity contribution is 7.71. The standard InChI is InChI=1S/C14H20FN3OS/c1-4-17(5-2)6-7-18-12-9-13(19-3)10(15)8-11(12)16-14(18)20/h8-9H,4-7H2,1-3H3,(H,16,20). The maximum absolute atomic E-state index is 13.7. The molecule has 1 heterocycles. The fourth-order valence-corrected chi connectivity index (χ4v) is 2.62. The molecule has 2 rings (SSSR count). The van der Waals surface area contributed by atoms with Crippen molar-refractivity contribution >= 4 is 23.3 Å². The minimum atomic E-state index is -0.382. The zero-order chi connectivity index (χ0) is 14.7. The van der Waals surface area contributed by atoms with Crippen molar-refractivity contribution in [1.82, 2.24) is 14.5 Å². The van der Waals surface area contributed by atoms with Gasteiger partial charge in [0.2, 0.25) is 0 Å². The monoisotopic (exact) mass is 297 g/mol. The smallest absolute Gasteiger partial charge is 0.178 e. The predicted octanol–water partition coefficient (Wildman–Crippen LogP) is 3.19. The quantitative estimate of drug-likeness (QED) is 0.831. The lowest BCUT2D eigenvalue weighted by atomic mass is 10.3. The van der Waals surface area contributed by atoms with Gasteiger partial charge in [0.05, 0.1) is 18.1 Å². The third-order valence-electron chi connectivity index (χ3n) is 3.58. The number of hydrogen-bond acceptors (Lipinski definition) is 3. The van der Waals surface area contributed by atoms with E-state index in [1.165, 1.54) is 13.2 Å². The molecule has 0 radical (unpaired) electrons. The Morgan fingerprint density at radius 2 is 2.05 bits per heavy atom. The third kappa shape index (κ3) is 2.86. The molecule has 0 saturated carbocycles. The van der Waals surface area contributed by atoms with Gasteiger partial charge in [0.15, 0.2) is 16.3 Å². The second-order valence-electron chi connectivity index (χ2n) is 4.61. The molecule has 1 N–H and O–H groups in total. The van der Waals surface area contributed by atoms with Crippen molar-refractivity contribution in [3.05, 3.63) is 22.7 Å². The largest absolute Gasteiger partial charge is 0.494 e. The van der Waals surface area contributed by atoms with Crippen molar-refractivity contribution in [2.75, 3.05) is 26.7 Å². The first-order chi connectivity index (χ1) is 9.60. The number of methoxy groups -OCH3 is 1. The van der Waals surface area contributed by atoms with E-state index in [2.05, 4.69) is 23.7 Å². The molecule has 0 amide bonds. The third-order valence-corrected chi connectivity index (χ3v) is 3.90. The molecule has 0 atom stereocenters. The molecule has 0 unspecified atom stereocenters. The van der Waals surface area contributed by atoms with Gasteiger partial charge in [-0.05, 0) is 25.3 Å². The van der Waals surface area contributed by atoms with Gasteiger partial charge in [-0.3, -0.25) is 0 Å². The van der Waals surface area contributed by atoms with E-state index < -0.39 is 0 Å². The Labute approximate surface area is 123 Å². The molecule has 0 spiro atoms. The van der Waals surface area contributed by atoms with Gasteiger partial charge in [-0.15, -0.1) is 0 Å². The van der Waals surface area contributed by atoms with Crippen LogP contribution in [-0.2, 0) is 6.54 Å². The molecule has 0 aliphatic rings. The lowest BCUT2D eigenvalue weighted by Crippen LogP contribution is -2.27. The van der Waals surface area contributed by atoms with E-state index in [1.807, 2.05) is 4.57 Å². The van der Waals surface area contributed by atoms with Crippen molar-refractivity contribution in [2.24, 2.45) is 0 Å². The lowest BCUT2D eigenvalue weighted by molar-refractivity contribution is 0.291. The Morgan fingerprint density at radius 1 is 1.35 bits per heavy atom. The minimum absolute atomic E-state index is 0.239. The Morgan fingerprint density at radius 3 is 2.65 bits per heavy atom. The van der Waals surface area contributed by atoms with E-state index in [0.717, 1.165) is 31.7 Å². The molecule has 0 aliphatic carbocycles. The summed E-state index contributed by atoms with van der Waals surface area (Å²) in [6.45, 7) is 7.96. The molecule has 110 valence electrons. The van der Waals surface area contributed by atoms with Crippen molar-refractivity contribution in [2.45, 2.75) is 20.4 Å². The van der Waals surface area contributed by atoms with Crippen LogP contribution in [0.4, 0.5) is 4.39 Å². The number of imidazole rings is 1. The first-order valence-corrected chi connectivity index (χ1v) is 7.19. The van der Waals surface area contributed by atoms with E-state index in [0.29, 0.717) is 10.3 Å². The first-order valence-electron chi connectivity index (χ1n) is 6.79. The van der Waals surface area contributed by atoms with Crippen LogP contribution in [0.3, 0.4) is 0 Å². The number of hydrogen-bond donors (Lipinski definition) is 1. The van der Waals surface area contributed by atoms with Gasteiger partial charge in [0.1, 0.15) is 0 Å². The van der Waals surface area contributed by atoms with E-state index >= 15 is 0 Å². The zero-order valence-corrected chi connectivity index (χ0v) is 12.9. The number of nitrogens with one attached hydrogen (secondary N) is 1. The Hall–Kier alpha value is -1.40. The topological polar surface area (TPSA) is 33.2 Å². The summed E-state index contributed by atoms with van der Waals surface area (Å²) in [5.41, 5.74) is 1.58. The van der Waals surface area contributed by atoms with E-state index in [1.54, 1.807) is 6.07 Å². The van der Waals surface area contributed by atoms with E-state index in [4.69, 9.17) is 17.0 Å². The zero-order valence-electron chi connectivity index (χ0n) is 12.1. The summed E-state index contributed by atoms with van der Waals surface area (Å²) in [5, 5.41) is 0. The fourth-order valence-electron chi connectivity index (χ4n) is 2.32. The number of aromatic amines is 1. The molecule has 20 heavy (non-hydrogen) atoms. The molecule has 0 fully saturated rings. The molecule has 1 aromatic heterocycles. The van der Waals surface area contributed by atoms with Crippen LogP contribution in [0.1, 0.15) is 13.8 Å². The molecule has 0 bridgehead atoms. The molecule has 6 heteroatoms. The fraction of sp³-hybridized carbons (Fsp3) is 0.500. The highest BCUT2D eigenvalue weighted by Crippen LogP contribution is 2.24. The molecule has 1 aromatic carbocycles. The van der Waals surface area contributed by atoms with Crippen LogP contribution in [0.25, 0.3) is 11.0 Å². The number of aromatic nitrogens is 2. The van der Waals surface area contributed by atoms with Crippen LogP contribution in [0.5, 0.6) is 5.75 Å². The Balaban J connectivity index is 2.37. The van der Waals surface area contributed by atoms with Gasteiger partial charge >= 0.3 is 0 Å². The van der Waals surface area contributed by atoms with Gasteiger partial charge in [-0.1, -0.05) is 13.8 Å². The normalized spacial score (nSPS) is 11.4. The number of benzene rings is 1. The summed E-state index contributed by atoms with van der Waals surface area (Å²) < 4.78 is 21.3. The minimum Gasteiger partial charge on any atom is -0.494 e. The van der Waals surface area contributed by atoms with Crippen LogP contribution in [0, 0.1) is 10.6 Å². The average Bonchev–Trinajstić information content (AvgIpc) is 2.74. The Bertz CT molecular complexity index is 646. The van der Waals surface area contributed by atoms with Crippen LogP contribution < -0.4 is 4.74 Å². The highest BCUT2D eigenvalue weighted by Gasteiger charge is 2.11. The SMILES string of the molecule is CCN(CC)CCn1c(=S)[nH]c2cc(F)c(OC)cc21. The number of nitrogens with zero attached hydrogens (tertiary/aromatic N) is 2. The van der Waals surface area contributed by atoms with Crippen molar-refractivity contribution in [3.63, 3.8) is 0 Å². The van der Waals surface area contributed by atoms with Crippen molar-refractivity contribution in [3.8, 4) is 5.75 Å². The van der Waals surface area contributed by atoms with Crippen LogP contribution >= 0.6 is 12.2 Å². The molecule has 2 aromatic rings. The van der Waals surface area contributed by atoms with Crippen LogP contribution in [0.2, 0.25) is 0 Å². The second-order valence-corrected chi connectivity index (χ2v) is 5.00. The molecular weight excluding hydrogens is 277 g/mol. The first kappa shape index (κ1) is 15.0. The predicted molar refractivity (Wildman–Crippen MR) is 81.4 cm³/mol. The Kier molecular flexibility index (Phi) is 4.77. The summed E-state index contributed by atoms with van der Waals surface area (Å²) >= 11 is 5.33. The number of rotatable bonds is 6. The van der Waals surface area contributed by atoms with Crippen molar-refractivity contribution in [1.29, 1.82) is 0 Å². The van der Waals surface area contributed by atoms with Gasteiger partial charge < -0.3 is 19.2 Å². The van der Waals surface area contributed by atoms with Crippen LogP contribution in [-0.4, -0.2) is 41.2 Å². The molecule has 0 saturated heterocycles. The summed E-state index contributed by atoms with van der Waals surface area (Å²) in [7, 11) is 1.46. The number of ether oxygens (including phenoxy) is 1. The number of halogens is 1. The summed E-state index contributed by atoms with van der Waals surface area (Å²) in [4.78, 5) is 5.36. The van der Waals surface area contributed by atoms with Crippen LogP contribution in [0.15, 0.2) is 12.1 Å². The maximum atomic E-state index is 13.7. The maximum Gasteiger partial charge on any atom is 0.178 e. The van der Waals surface area contributed by atoms with Gasteiger partial charge in [0, 0.05) is 25.2 Å².